The van der Waals surface area contributed by atoms with Crippen LogP contribution in [-0.2, 0) is 0 Å². The van der Waals surface area contributed by atoms with Gasteiger partial charge in [-0.05, 0) is 5.92 Å². The first-order chi connectivity index (χ1) is 6.17. The van der Waals surface area contributed by atoms with Crippen molar-refractivity contribution in [3.05, 3.63) is 0 Å². The summed E-state index contributed by atoms with van der Waals surface area (Å²) in [7, 11) is 4.10. The molecule has 3 nitrogen and oxygen atoms in total. The molecular weight excluding hydrogens is 160 g/mol. The lowest BCUT2D eigenvalue weighted by Crippen LogP contribution is -2.45. The van der Waals surface area contributed by atoms with Gasteiger partial charge in [0.1, 0.15) is 0 Å². The summed E-state index contributed by atoms with van der Waals surface area (Å²) in [6.45, 7) is 9.46. The molecule has 0 amide bonds. The van der Waals surface area contributed by atoms with Crippen molar-refractivity contribution in [2.75, 3.05) is 6.54 Å². The Morgan fingerprint density at radius 3 is 2.69 bits per heavy atom. The molecule has 0 fully saturated rings. The molecule has 1 rings (SSSR count). The first-order valence-corrected chi connectivity index (χ1v) is 4.87. The monoisotopic (exact) mass is 177 g/mol. The molecule has 13 heavy (non-hydrogen) atoms. The highest BCUT2D eigenvalue weighted by Crippen LogP contribution is 2.05. The number of amidine groups is 1. The van der Waals surface area contributed by atoms with Crippen LogP contribution in [0.3, 0.4) is 0 Å². The molecule has 1 atom stereocenters. The molecule has 1 N–H and O–H groups in total. The fourth-order valence-electron chi connectivity index (χ4n) is 1.36. The Morgan fingerprint density at radius 1 is 1.54 bits per heavy atom. The topological polar surface area (TPSA) is 27.6 Å². The highest BCUT2D eigenvalue weighted by molar-refractivity contribution is 6.74. The lowest BCUT2D eigenvalue weighted by molar-refractivity contribution is 0.296. The number of hydrogen-bond acceptors (Lipinski definition) is 3. The Labute approximate surface area is 82.4 Å². The van der Waals surface area contributed by atoms with Crippen LogP contribution >= 0.6 is 0 Å². The van der Waals surface area contributed by atoms with Gasteiger partial charge in [-0.2, -0.15) is 0 Å². The van der Waals surface area contributed by atoms with Crippen molar-refractivity contribution in [1.82, 2.24) is 10.4 Å². The van der Waals surface area contributed by atoms with Crippen LogP contribution in [0.25, 0.3) is 0 Å². The van der Waals surface area contributed by atoms with Gasteiger partial charge in [0, 0.05) is 6.54 Å². The van der Waals surface area contributed by atoms with E-state index in [-0.39, 0.29) is 6.07 Å². The molecule has 1 aliphatic rings. The maximum atomic E-state index is 4.48. The molecular formula is C8H17B2N3. The summed E-state index contributed by atoms with van der Waals surface area (Å²) in [4.78, 5) is 4.48. The van der Waals surface area contributed by atoms with Gasteiger partial charge in [-0.1, -0.05) is 27.5 Å². The molecule has 0 spiro atoms. The van der Waals surface area contributed by atoms with Crippen LogP contribution in [0.5, 0.6) is 0 Å². The smallest absolute Gasteiger partial charge is 0.199 e. The minimum Gasteiger partial charge on any atom is -0.304 e. The fourth-order valence-corrected chi connectivity index (χ4v) is 1.36. The fraction of sp³-hybridized carbons (Fsp3) is 0.875. The third-order valence-corrected chi connectivity index (χ3v) is 1.96. The van der Waals surface area contributed by atoms with Crippen molar-refractivity contribution in [3.63, 3.8) is 0 Å². The van der Waals surface area contributed by atoms with Gasteiger partial charge in [0.05, 0.1) is 11.8 Å². The van der Waals surface area contributed by atoms with Gasteiger partial charge in [-0.25, -0.2) is 5.43 Å². The second-order valence-electron chi connectivity index (χ2n) is 3.69. The van der Waals surface area contributed by atoms with Gasteiger partial charge >= 0.3 is 0 Å². The van der Waals surface area contributed by atoms with E-state index >= 15 is 0 Å². The highest BCUT2D eigenvalue weighted by atomic mass is 15.6. The zero-order valence-corrected chi connectivity index (χ0v) is 8.91. The summed E-state index contributed by atoms with van der Waals surface area (Å²) in [5.74, 6) is 0.647. The number of aliphatic imine (C=N–C) groups is 1. The summed E-state index contributed by atoms with van der Waals surface area (Å²) < 4.78 is 0. The lowest BCUT2D eigenvalue weighted by atomic mass is 9.77. The molecule has 0 saturated carbocycles. The number of nitrogens with one attached hydrogen (secondary N) is 1. The summed E-state index contributed by atoms with van der Waals surface area (Å²) in [6, 6.07) is 0.157. The van der Waals surface area contributed by atoms with E-state index in [1.165, 1.54) is 0 Å². The van der Waals surface area contributed by atoms with Gasteiger partial charge in [-0.3, -0.25) is 4.99 Å². The van der Waals surface area contributed by atoms with Gasteiger partial charge in [0.15, 0.2) is 14.6 Å². The van der Waals surface area contributed by atoms with Crippen LogP contribution < -0.4 is 5.43 Å². The van der Waals surface area contributed by atoms with E-state index in [0.717, 1.165) is 12.3 Å². The quantitative estimate of drug-likeness (QED) is 0.636. The van der Waals surface area contributed by atoms with E-state index in [1.807, 2.05) is 20.9 Å². The van der Waals surface area contributed by atoms with Crippen LogP contribution in [0.2, 0.25) is 13.6 Å². The van der Waals surface area contributed by atoms with E-state index in [2.05, 4.69) is 36.6 Å². The SMILES string of the molecule is C[B]C1=NC([B]C)NN1CC(C)C. The van der Waals surface area contributed by atoms with Crippen LogP contribution in [0.4, 0.5) is 0 Å². The van der Waals surface area contributed by atoms with Crippen LogP contribution in [0.1, 0.15) is 13.8 Å². The van der Waals surface area contributed by atoms with Crippen molar-refractivity contribution in [1.29, 1.82) is 0 Å². The molecule has 0 aliphatic carbocycles. The van der Waals surface area contributed by atoms with Gasteiger partial charge < -0.3 is 5.01 Å². The molecule has 70 valence electrons. The Kier molecular flexibility index (Phi) is 3.85. The van der Waals surface area contributed by atoms with Crippen LogP contribution in [-0.4, -0.2) is 37.9 Å². The van der Waals surface area contributed by atoms with E-state index in [0.29, 0.717) is 5.92 Å². The second-order valence-corrected chi connectivity index (χ2v) is 3.69. The molecule has 0 saturated heterocycles. The van der Waals surface area contributed by atoms with Gasteiger partial charge in [-0.15, -0.1) is 0 Å². The average molecular weight is 177 g/mol. The maximum absolute atomic E-state index is 4.48. The van der Waals surface area contributed by atoms with E-state index < -0.39 is 0 Å². The zero-order valence-electron chi connectivity index (χ0n) is 8.91. The van der Waals surface area contributed by atoms with E-state index in [1.54, 1.807) is 0 Å². The summed E-state index contributed by atoms with van der Waals surface area (Å²) in [5.41, 5.74) is 4.37. The molecule has 0 aromatic heterocycles. The first kappa shape index (κ1) is 10.6. The number of nitrogens with zero attached hydrogens (tertiary/aromatic N) is 2. The van der Waals surface area contributed by atoms with Crippen LogP contribution in [0, 0.1) is 5.92 Å². The predicted molar refractivity (Wildman–Crippen MR) is 59.1 cm³/mol. The summed E-state index contributed by atoms with van der Waals surface area (Å²) in [5, 5.41) is 2.12. The maximum Gasteiger partial charge on any atom is 0.199 e. The largest absolute Gasteiger partial charge is 0.304 e. The van der Waals surface area contributed by atoms with Crippen molar-refractivity contribution in [2.24, 2.45) is 10.9 Å². The second kappa shape index (κ2) is 4.70. The molecule has 5 heteroatoms. The van der Waals surface area contributed by atoms with E-state index in [4.69, 9.17) is 0 Å². The molecule has 0 aromatic rings. The third kappa shape index (κ3) is 2.76. The minimum atomic E-state index is 0.157. The number of hydrazine groups is 1. The summed E-state index contributed by atoms with van der Waals surface area (Å²) in [6.07, 6.45) is 0. The van der Waals surface area contributed by atoms with Crippen molar-refractivity contribution in [3.8, 4) is 0 Å². The first-order valence-electron chi connectivity index (χ1n) is 4.87. The average Bonchev–Trinajstić information content (AvgIpc) is 2.46. The zero-order chi connectivity index (χ0) is 9.84. The van der Waals surface area contributed by atoms with Crippen molar-refractivity contribution >= 4 is 20.3 Å². The Balaban J connectivity index is 2.53. The molecule has 0 bridgehead atoms. The molecule has 0 aromatic carbocycles. The van der Waals surface area contributed by atoms with Crippen molar-refractivity contribution < 1.29 is 0 Å². The summed E-state index contributed by atoms with van der Waals surface area (Å²) >= 11 is 0. The minimum absolute atomic E-state index is 0.157. The molecule has 2 radical (unpaired) electrons. The number of rotatable bonds is 4. The highest BCUT2D eigenvalue weighted by Gasteiger charge is 2.21. The normalized spacial score (nSPS) is 22.1. The molecule has 1 unspecified atom stereocenters. The van der Waals surface area contributed by atoms with Gasteiger partial charge in [0.2, 0.25) is 0 Å². The number of hydrogen-bond donors (Lipinski definition) is 1. The Morgan fingerprint density at radius 2 is 2.23 bits per heavy atom. The van der Waals surface area contributed by atoms with E-state index in [9.17, 15) is 0 Å². The molecule has 1 heterocycles. The third-order valence-electron chi connectivity index (χ3n) is 1.96. The van der Waals surface area contributed by atoms with Crippen LogP contribution in [0.15, 0.2) is 4.99 Å². The lowest BCUT2D eigenvalue weighted by Gasteiger charge is -2.23. The predicted octanol–water partition coefficient (Wildman–Crippen LogP) is 0.607. The Hall–Kier alpha value is -0.440. The standard InChI is InChI=1S/C8H17B2N3/c1-6(2)5-13-8(10-4)11-7(9-3)12-13/h6-7,12H,5H2,1-4H3. The van der Waals surface area contributed by atoms with Gasteiger partial charge in [0.25, 0.3) is 0 Å². The van der Waals surface area contributed by atoms with Crippen molar-refractivity contribution in [2.45, 2.75) is 33.6 Å². The molecule has 1 aliphatic heterocycles. The Bertz CT molecular complexity index is 194.